The molecule has 2 aromatic rings. The molecule has 3 rings (SSSR count). The zero-order valence-electron chi connectivity index (χ0n) is 16.3. The number of hydrogen-bond donors (Lipinski definition) is 2. The number of nitrogens with one attached hydrogen (secondary N) is 2. The highest BCUT2D eigenvalue weighted by molar-refractivity contribution is 7.89. The van der Waals surface area contributed by atoms with Gasteiger partial charge in [0, 0.05) is 17.6 Å². The van der Waals surface area contributed by atoms with Crippen LogP contribution in [0.5, 0.6) is 11.5 Å². The lowest BCUT2D eigenvalue weighted by Gasteiger charge is -2.33. The van der Waals surface area contributed by atoms with Crippen LogP contribution in [0.25, 0.3) is 0 Å². The smallest absolute Gasteiger partial charge is 0.247 e. The summed E-state index contributed by atoms with van der Waals surface area (Å²) in [6.07, 6.45) is 1.29. The maximum absolute atomic E-state index is 12.8. The van der Waals surface area contributed by atoms with Gasteiger partial charge in [0.05, 0.1) is 4.90 Å². The molecule has 0 radical (unpaired) electrons. The second kappa shape index (κ2) is 8.26. The van der Waals surface area contributed by atoms with Crippen molar-refractivity contribution in [1.29, 1.82) is 0 Å². The van der Waals surface area contributed by atoms with E-state index >= 15 is 0 Å². The molecule has 1 atom stereocenters. The van der Waals surface area contributed by atoms with Crippen molar-refractivity contribution in [3.8, 4) is 11.5 Å². The highest BCUT2D eigenvalue weighted by Crippen LogP contribution is 2.33. The van der Waals surface area contributed by atoms with Gasteiger partial charge < -0.3 is 14.8 Å². The van der Waals surface area contributed by atoms with E-state index < -0.39 is 15.6 Å². The quantitative estimate of drug-likeness (QED) is 0.677. The van der Waals surface area contributed by atoms with E-state index in [9.17, 15) is 13.2 Å². The maximum Gasteiger partial charge on any atom is 0.247 e. The second-order valence-corrected chi connectivity index (χ2v) is 9.09. The molecule has 1 aliphatic heterocycles. The van der Waals surface area contributed by atoms with Crippen molar-refractivity contribution in [2.45, 2.75) is 36.8 Å². The van der Waals surface area contributed by atoms with Gasteiger partial charge in [-0.1, -0.05) is 18.7 Å². The topological polar surface area (TPSA) is 93.7 Å². The fraction of sp³-hybridized carbons (Fsp3) is 0.286. The Morgan fingerprint density at radius 3 is 2.48 bits per heavy atom. The van der Waals surface area contributed by atoms with Crippen LogP contribution >= 0.6 is 0 Å². The molecule has 0 aliphatic carbocycles. The van der Waals surface area contributed by atoms with Crippen molar-refractivity contribution in [2.24, 2.45) is 0 Å². The maximum atomic E-state index is 12.8. The molecular weight excluding hydrogens is 392 g/mol. The van der Waals surface area contributed by atoms with Crippen molar-refractivity contribution >= 4 is 21.6 Å². The molecule has 0 bridgehead atoms. The molecule has 0 saturated carbocycles. The molecule has 1 unspecified atom stereocenters. The van der Waals surface area contributed by atoms with Gasteiger partial charge in [0.1, 0.15) is 12.7 Å². The Labute approximate surface area is 170 Å². The van der Waals surface area contributed by atoms with E-state index in [1.165, 1.54) is 24.3 Å². The predicted octanol–water partition coefficient (Wildman–Crippen LogP) is 3.10. The van der Waals surface area contributed by atoms with Crippen molar-refractivity contribution < 1.29 is 22.7 Å². The third kappa shape index (κ3) is 5.36. The van der Waals surface area contributed by atoms with Crippen molar-refractivity contribution in [2.75, 3.05) is 11.9 Å². The first kappa shape index (κ1) is 20.9. The SMILES string of the molecule is C=CC(=O)Nc1ccc(S(=O)(=O)NC(C)(C)CC2COc3ccccc3O2)cc1. The number of ether oxygens (including phenoxy) is 2. The molecule has 0 fully saturated rings. The normalized spacial score (nSPS) is 16.1. The third-order valence-corrected chi connectivity index (χ3v) is 6.05. The van der Waals surface area contributed by atoms with Gasteiger partial charge in [-0.25, -0.2) is 13.1 Å². The largest absolute Gasteiger partial charge is 0.486 e. The second-order valence-electron chi connectivity index (χ2n) is 7.41. The molecule has 1 heterocycles. The number of rotatable bonds is 7. The van der Waals surface area contributed by atoms with Crippen LogP contribution in [-0.2, 0) is 14.8 Å². The summed E-state index contributed by atoms with van der Waals surface area (Å²) in [6.45, 7) is 7.32. The number of fused-ring (bicyclic) bond motifs is 1. The van der Waals surface area contributed by atoms with Crippen molar-refractivity contribution in [3.05, 3.63) is 61.2 Å². The molecule has 2 aromatic carbocycles. The van der Waals surface area contributed by atoms with Gasteiger partial charge in [-0.15, -0.1) is 0 Å². The van der Waals surface area contributed by atoms with E-state index in [2.05, 4.69) is 16.6 Å². The Morgan fingerprint density at radius 2 is 1.83 bits per heavy atom. The molecule has 8 heteroatoms. The fourth-order valence-corrected chi connectivity index (χ4v) is 4.53. The minimum atomic E-state index is -3.76. The Kier molecular flexibility index (Phi) is 5.95. The summed E-state index contributed by atoms with van der Waals surface area (Å²) in [7, 11) is -3.76. The minimum absolute atomic E-state index is 0.105. The van der Waals surface area contributed by atoms with E-state index in [1.807, 2.05) is 24.3 Å². The first-order valence-corrected chi connectivity index (χ1v) is 10.6. The summed E-state index contributed by atoms with van der Waals surface area (Å²) in [6, 6.07) is 13.3. The van der Waals surface area contributed by atoms with Crippen LogP contribution in [0.4, 0.5) is 5.69 Å². The Morgan fingerprint density at radius 1 is 1.17 bits per heavy atom. The number of carbonyl (C=O) groups excluding carboxylic acids is 1. The number of carbonyl (C=O) groups is 1. The highest BCUT2D eigenvalue weighted by Gasteiger charge is 2.32. The lowest BCUT2D eigenvalue weighted by Crippen LogP contribution is -2.48. The monoisotopic (exact) mass is 416 g/mol. The summed E-state index contributed by atoms with van der Waals surface area (Å²) >= 11 is 0. The van der Waals surface area contributed by atoms with Crippen LogP contribution in [-0.4, -0.2) is 32.6 Å². The Hall–Kier alpha value is -2.84. The van der Waals surface area contributed by atoms with Gasteiger partial charge in [-0.2, -0.15) is 0 Å². The highest BCUT2D eigenvalue weighted by atomic mass is 32.2. The molecule has 29 heavy (non-hydrogen) atoms. The van der Waals surface area contributed by atoms with E-state index in [-0.39, 0.29) is 16.9 Å². The fourth-order valence-electron chi connectivity index (χ4n) is 3.11. The first-order chi connectivity index (χ1) is 13.7. The van der Waals surface area contributed by atoms with E-state index in [1.54, 1.807) is 13.8 Å². The van der Waals surface area contributed by atoms with Gasteiger partial charge in [0.15, 0.2) is 11.5 Å². The minimum Gasteiger partial charge on any atom is -0.486 e. The van der Waals surface area contributed by atoms with Crippen LogP contribution in [0.15, 0.2) is 66.1 Å². The molecule has 1 amide bonds. The Balaban J connectivity index is 1.65. The van der Waals surface area contributed by atoms with Crippen molar-refractivity contribution in [3.63, 3.8) is 0 Å². The zero-order chi connectivity index (χ0) is 21.1. The van der Waals surface area contributed by atoms with Crippen LogP contribution in [0.2, 0.25) is 0 Å². The van der Waals surface area contributed by atoms with Crippen LogP contribution in [0, 0.1) is 0 Å². The lowest BCUT2D eigenvalue weighted by molar-refractivity contribution is -0.111. The number of anilines is 1. The molecule has 7 nitrogen and oxygen atoms in total. The summed E-state index contributed by atoms with van der Waals surface area (Å²) in [5, 5.41) is 2.58. The van der Waals surface area contributed by atoms with Crippen molar-refractivity contribution in [1.82, 2.24) is 4.72 Å². The van der Waals surface area contributed by atoms with Crippen LogP contribution in [0.3, 0.4) is 0 Å². The molecule has 1 aliphatic rings. The predicted molar refractivity (Wildman–Crippen MR) is 111 cm³/mol. The number of amides is 1. The van der Waals surface area contributed by atoms with E-state index in [0.29, 0.717) is 30.2 Å². The average molecular weight is 416 g/mol. The molecule has 0 spiro atoms. The van der Waals surface area contributed by atoms with Crippen LogP contribution in [0.1, 0.15) is 20.3 Å². The summed E-state index contributed by atoms with van der Waals surface area (Å²) in [5.41, 5.74) is -0.283. The molecule has 2 N–H and O–H groups in total. The molecule has 154 valence electrons. The van der Waals surface area contributed by atoms with Gasteiger partial charge in [-0.3, -0.25) is 4.79 Å². The number of benzene rings is 2. The molecular formula is C21H24N2O5S. The third-order valence-electron chi connectivity index (χ3n) is 4.33. The van der Waals surface area contributed by atoms with Gasteiger partial charge >= 0.3 is 0 Å². The summed E-state index contributed by atoms with van der Waals surface area (Å²) < 4.78 is 40.0. The summed E-state index contributed by atoms with van der Waals surface area (Å²) in [4.78, 5) is 11.4. The molecule has 0 saturated heterocycles. The number of sulfonamides is 1. The zero-order valence-corrected chi connectivity index (χ0v) is 17.2. The van der Waals surface area contributed by atoms with E-state index in [4.69, 9.17) is 9.47 Å². The number of hydrogen-bond acceptors (Lipinski definition) is 5. The van der Waals surface area contributed by atoms with Crippen LogP contribution < -0.4 is 19.5 Å². The van der Waals surface area contributed by atoms with Gasteiger partial charge in [0.2, 0.25) is 15.9 Å². The average Bonchev–Trinajstić information content (AvgIpc) is 2.67. The lowest BCUT2D eigenvalue weighted by atomic mass is 9.98. The van der Waals surface area contributed by atoms with Gasteiger partial charge in [-0.05, 0) is 56.3 Å². The Bertz CT molecular complexity index is 1000. The summed E-state index contributed by atoms with van der Waals surface area (Å²) in [5.74, 6) is 0.974. The standard InChI is InChI=1S/C21H24N2O5S/c1-4-20(24)22-15-9-11-17(12-10-15)29(25,26)23-21(2,3)13-16-14-27-18-7-5-6-8-19(18)28-16/h4-12,16,23H,1,13-14H2,2-3H3,(H,22,24). The first-order valence-electron chi connectivity index (χ1n) is 9.14. The van der Waals surface area contributed by atoms with E-state index in [0.717, 1.165) is 6.08 Å². The number of para-hydroxylation sites is 2. The molecule has 0 aromatic heterocycles. The van der Waals surface area contributed by atoms with Gasteiger partial charge in [0.25, 0.3) is 0 Å².